The number of H-pyrrole nitrogens is 1. The molecule has 0 spiro atoms. The second kappa shape index (κ2) is 9.79. The summed E-state index contributed by atoms with van der Waals surface area (Å²) in [5, 5.41) is 21.7. The van der Waals surface area contributed by atoms with Crippen molar-refractivity contribution in [3.63, 3.8) is 0 Å². The molecule has 0 amide bonds. The van der Waals surface area contributed by atoms with Gasteiger partial charge in [-0.3, -0.25) is 14.0 Å². The Kier molecular flexibility index (Phi) is 6.68. The normalized spacial score (nSPS) is 24.3. The number of hydrogen-bond donors (Lipinski definition) is 6. The average molecular weight is 533 g/mol. The number of nitrogens with one attached hydrogen (secondary N) is 1. The number of anilines is 1. The van der Waals surface area contributed by atoms with Crippen LogP contribution >= 0.6 is 7.82 Å². The Morgan fingerprint density at radius 3 is 2.84 bits per heavy atom. The van der Waals surface area contributed by atoms with Crippen molar-refractivity contribution in [2.45, 2.75) is 37.0 Å². The molecule has 16 heteroatoms. The number of para-hydroxylation sites is 1. The quantitative estimate of drug-likeness (QED) is 0.160. The summed E-state index contributed by atoms with van der Waals surface area (Å²) < 4.78 is 28.9. The van der Waals surface area contributed by atoms with Gasteiger partial charge in [0.2, 0.25) is 0 Å². The smallest absolute Gasteiger partial charge is 0.387 e. The van der Waals surface area contributed by atoms with Crippen LogP contribution in [-0.4, -0.2) is 76.5 Å². The standard InChI is InChI=1S/C21H24N7O8P/c22-12(5-10-6-24-13-4-2-1-3-11(10)13)21(31)36-37(32,33)34-7-14-16(29)17(30)20(35-14)28-9-27-15-18(23)25-8-26-19(15)28/h1-4,6,8-9,12,14,16-17,20,24,29-30H,5,7,22H2,(H,32,33)(H2,23,25,26)/t12-,14-,16-,17+,20+/m0/s1. The Labute approximate surface area is 208 Å². The number of benzene rings is 1. The zero-order chi connectivity index (χ0) is 26.3. The topological polar surface area (TPSA) is 234 Å². The first-order valence-electron chi connectivity index (χ1n) is 11.1. The lowest BCUT2D eigenvalue weighted by atomic mass is 10.1. The van der Waals surface area contributed by atoms with Gasteiger partial charge in [-0.1, -0.05) is 18.2 Å². The molecule has 1 aliphatic rings. The Morgan fingerprint density at radius 1 is 1.24 bits per heavy atom. The average Bonchev–Trinajstić information content (AvgIpc) is 3.55. The Morgan fingerprint density at radius 2 is 2.03 bits per heavy atom. The first kappa shape index (κ1) is 25.2. The zero-order valence-corrected chi connectivity index (χ0v) is 20.0. The number of aliphatic hydroxyl groups excluding tert-OH is 2. The van der Waals surface area contributed by atoms with Crippen LogP contribution in [0.15, 0.2) is 43.1 Å². The summed E-state index contributed by atoms with van der Waals surface area (Å²) in [5.74, 6) is -1.04. The molecule has 0 unspecified atom stereocenters. The fourth-order valence-electron chi connectivity index (χ4n) is 4.15. The van der Waals surface area contributed by atoms with E-state index in [4.69, 9.17) is 20.7 Å². The number of nitrogens with two attached hydrogens (primary N) is 2. The summed E-state index contributed by atoms with van der Waals surface area (Å²) in [6, 6.07) is 6.15. The molecule has 1 fully saturated rings. The number of imidazole rings is 1. The lowest BCUT2D eigenvalue weighted by Crippen LogP contribution is -2.35. The van der Waals surface area contributed by atoms with Crippen LogP contribution in [0.3, 0.4) is 0 Å². The molecule has 5 rings (SSSR count). The number of phosphoric ester groups is 1. The minimum absolute atomic E-state index is 0.0497. The molecule has 1 aliphatic heterocycles. The summed E-state index contributed by atoms with van der Waals surface area (Å²) >= 11 is 0. The van der Waals surface area contributed by atoms with Crippen molar-refractivity contribution in [2.75, 3.05) is 12.3 Å². The van der Waals surface area contributed by atoms with Gasteiger partial charge in [0.05, 0.1) is 12.9 Å². The number of aliphatic hydroxyl groups is 2. The third-order valence-corrected chi connectivity index (χ3v) is 6.91. The lowest BCUT2D eigenvalue weighted by Gasteiger charge is -2.18. The summed E-state index contributed by atoms with van der Waals surface area (Å²) in [5.41, 5.74) is 13.8. The summed E-state index contributed by atoms with van der Waals surface area (Å²) in [6.45, 7) is -0.683. The number of carbonyl (C=O) groups excluding carboxylic acids is 1. The highest BCUT2D eigenvalue weighted by atomic mass is 31.2. The predicted molar refractivity (Wildman–Crippen MR) is 128 cm³/mol. The van der Waals surface area contributed by atoms with Crippen molar-refractivity contribution in [2.24, 2.45) is 5.73 Å². The van der Waals surface area contributed by atoms with E-state index in [9.17, 15) is 24.5 Å². The van der Waals surface area contributed by atoms with Crippen LogP contribution in [-0.2, 0) is 29.6 Å². The van der Waals surface area contributed by atoms with Crippen LogP contribution in [0.4, 0.5) is 5.82 Å². The van der Waals surface area contributed by atoms with E-state index in [1.54, 1.807) is 6.20 Å². The SMILES string of the molecule is Nc1ncnc2c1ncn2[C@@H]1O[C@@H](CO[P@@](=O)(O)OC(=O)[C@@H](N)Cc2c[nH]c3ccccc23)[C@H](O)[C@H]1O. The number of carbonyl (C=O) groups is 1. The molecule has 0 saturated carbocycles. The van der Waals surface area contributed by atoms with E-state index < -0.39 is 51.0 Å². The number of ether oxygens (including phenoxy) is 1. The van der Waals surface area contributed by atoms with Gasteiger partial charge in [-0.25, -0.2) is 24.3 Å². The highest BCUT2D eigenvalue weighted by Crippen LogP contribution is 2.45. The number of aromatic amines is 1. The van der Waals surface area contributed by atoms with E-state index in [0.29, 0.717) is 0 Å². The maximum absolute atomic E-state index is 12.4. The summed E-state index contributed by atoms with van der Waals surface area (Å²) in [7, 11) is -4.93. The Bertz CT molecular complexity index is 1490. The Balaban J connectivity index is 1.19. The first-order chi connectivity index (χ1) is 17.6. The molecule has 0 radical (unpaired) electrons. The predicted octanol–water partition coefficient (Wildman–Crippen LogP) is -0.261. The van der Waals surface area contributed by atoms with Gasteiger partial charge in [0.25, 0.3) is 0 Å². The minimum atomic E-state index is -4.93. The van der Waals surface area contributed by atoms with Gasteiger partial charge in [0, 0.05) is 23.5 Å². The fraction of sp³-hybridized carbons (Fsp3) is 0.333. The van der Waals surface area contributed by atoms with Crippen LogP contribution in [0, 0.1) is 0 Å². The van der Waals surface area contributed by atoms with Crippen LogP contribution in [0.25, 0.3) is 22.1 Å². The molecule has 0 bridgehead atoms. The minimum Gasteiger partial charge on any atom is -0.387 e. The molecule has 4 heterocycles. The number of rotatable bonds is 8. The fourth-order valence-corrected chi connectivity index (χ4v) is 4.90. The zero-order valence-electron chi connectivity index (χ0n) is 19.1. The van der Waals surface area contributed by atoms with Gasteiger partial charge in [0.1, 0.15) is 36.2 Å². The lowest BCUT2D eigenvalue weighted by molar-refractivity contribution is -0.137. The molecule has 6 atom stereocenters. The highest BCUT2D eigenvalue weighted by Gasteiger charge is 2.45. The van der Waals surface area contributed by atoms with Gasteiger partial charge in [-0.05, 0) is 11.6 Å². The number of fused-ring (bicyclic) bond motifs is 2. The van der Waals surface area contributed by atoms with Crippen molar-refractivity contribution in [3.8, 4) is 0 Å². The van der Waals surface area contributed by atoms with Gasteiger partial charge >= 0.3 is 13.8 Å². The van der Waals surface area contributed by atoms with E-state index in [0.717, 1.165) is 16.5 Å². The second-order valence-electron chi connectivity index (χ2n) is 8.47. The van der Waals surface area contributed by atoms with Crippen LogP contribution < -0.4 is 11.5 Å². The molecule has 15 nitrogen and oxygen atoms in total. The molecule has 3 aromatic heterocycles. The largest absolute Gasteiger partial charge is 0.529 e. The van der Waals surface area contributed by atoms with Crippen molar-refractivity contribution in [1.82, 2.24) is 24.5 Å². The molecular weight excluding hydrogens is 509 g/mol. The van der Waals surface area contributed by atoms with Gasteiger partial charge in [-0.2, -0.15) is 0 Å². The molecule has 4 aromatic rings. The van der Waals surface area contributed by atoms with Crippen molar-refractivity contribution < 1.29 is 38.3 Å². The first-order valence-corrected chi connectivity index (χ1v) is 12.6. The molecule has 8 N–H and O–H groups in total. The van der Waals surface area contributed by atoms with Gasteiger partial charge in [-0.15, -0.1) is 0 Å². The maximum Gasteiger partial charge on any atom is 0.529 e. The van der Waals surface area contributed by atoms with E-state index in [-0.39, 0.29) is 23.4 Å². The molecule has 0 aliphatic carbocycles. The van der Waals surface area contributed by atoms with E-state index >= 15 is 0 Å². The molecule has 1 saturated heterocycles. The van der Waals surface area contributed by atoms with Crippen molar-refractivity contribution in [3.05, 3.63) is 48.7 Å². The number of nitrogen functional groups attached to an aromatic ring is 1. The second-order valence-corrected chi connectivity index (χ2v) is 9.85. The number of nitrogens with zero attached hydrogens (tertiary/aromatic N) is 4. The van der Waals surface area contributed by atoms with Gasteiger partial charge in [0.15, 0.2) is 17.7 Å². The van der Waals surface area contributed by atoms with Crippen LogP contribution in [0.5, 0.6) is 0 Å². The molecule has 1 aromatic carbocycles. The van der Waals surface area contributed by atoms with Crippen molar-refractivity contribution in [1.29, 1.82) is 0 Å². The number of phosphoric acid groups is 1. The Hall–Kier alpha value is -3.43. The maximum atomic E-state index is 12.4. The van der Waals surface area contributed by atoms with Crippen LogP contribution in [0.2, 0.25) is 0 Å². The highest BCUT2D eigenvalue weighted by molar-refractivity contribution is 7.48. The van der Waals surface area contributed by atoms with E-state index in [1.165, 1.54) is 17.2 Å². The molecular formula is C21H24N7O8P. The van der Waals surface area contributed by atoms with E-state index in [1.807, 2.05) is 24.3 Å². The van der Waals surface area contributed by atoms with Crippen molar-refractivity contribution >= 4 is 41.7 Å². The number of hydrogen-bond acceptors (Lipinski definition) is 12. The van der Waals surface area contributed by atoms with E-state index in [2.05, 4.69) is 24.5 Å². The molecule has 37 heavy (non-hydrogen) atoms. The summed E-state index contributed by atoms with van der Waals surface area (Å²) in [4.78, 5) is 37.4. The van der Waals surface area contributed by atoms with Gasteiger partial charge < -0.3 is 35.9 Å². The third-order valence-electron chi connectivity index (χ3n) is 6.02. The summed E-state index contributed by atoms with van der Waals surface area (Å²) in [6.07, 6.45) is -1.15. The third kappa shape index (κ3) is 4.93. The number of aromatic nitrogens is 5. The monoisotopic (exact) mass is 533 g/mol. The van der Waals surface area contributed by atoms with Crippen LogP contribution in [0.1, 0.15) is 11.8 Å². The molecule has 196 valence electrons.